The number of pyridine rings is 1. The van der Waals surface area contributed by atoms with E-state index in [1.165, 1.54) is 16.7 Å². The van der Waals surface area contributed by atoms with Gasteiger partial charge in [0.25, 0.3) is 0 Å². The van der Waals surface area contributed by atoms with Crippen LogP contribution in [0.4, 0.5) is 0 Å². The zero-order valence-corrected chi connectivity index (χ0v) is 13.1. The summed E-state index contributed by atoms with van der Waals surface area (Å²) >= 11 is 0. The fourth-order valence-corrected chi connectivity index (χ4v) is 2.51. The largest absolute Gasteiger partial charge is 0.497 e. The Kier molecular flexibility index (Phi) is 5.76. The number of nitrogens with one attached hydrogen (secondary N) is 1. The van der Waals surface area contributed by atoms with E-state index in [9.17, 15) is 0 Å². The van der Waals surface area contributed by atoms with Gasteiger partial charge in [0, 0.05) is 18.4 Å². The summed E-state index contributed by atoms with van der Waals surface area (Å²) in [6.07, 6.45) is 5.96. The summed E-state index contributed by atoms with van der Waals surface area (Å²) in [6.45, 7) is 5.19. The number of ether oxygens (including phenoxy) is 1. The molecule has 0 aliphatic carbocycles. The molecule has 0 spiro atoms. The number of rotatable bonds is 7. The first kappa shape index (κ1) is 15.5. The smallest absolute Gasteiger partial charge is 0.118 e. The Morgan fingerprint density at radius 3 is 2.57 bits per heavy atom. The first-order valence-corrected chi connectivity index (χ1v) is 7.50. The van der Waals surface area contributed by atoms with Crippen LogP contribution in [0.2, 0.25) is 0 Å². The van der Waals surface area contributed by atoms with E-state index in [0.717, 1.165) is 25.1 Å². The second kappa shape index (κ2) is 7.79. The molecule has 112 valence electrons. The van der Waals surface area contributed by atoms with Gasteiger partial charge in [0.2, 0.25) is 0 Å². The summed E-state index contributed by atoms with van der Waals surface area (Å²) in [4.78, 5) is 4.31. The molecule has 1 N–H and O–H groups in total. The third-order valence-corrected chi connectivity index (χ3v) is 3.63. The third-order valence-electron chi connectivity index (χ3n) is 3.63. The molecule has 0 saturated carbocycles. The number of aromatic nitrogens is 1. The van der Waals surface area contributed by atoms with Crippen molar-refractivity contribution in [2.45, 2.75) is 32.7 Å². The van der Waals surface area contributed by atoms with Gasteiger partial charge in [-0.1, -0.05) is 25.1 Å². The van der Waals surface area contributed by atoms with Gasteiger partial charge in [0.15, 0.2) is 0 Å². The minimum atomic E-state index is 0.351. The van der Waals surface area contributed by atoms with Gasteiger partial charge in [-0.05, 0) is 55.1 Å². The molecule has 2 aromatic rings. The Hall–Kier alpha value is -1.87. The van der Waals surface area contributed by atoms with E-state index in [1.54, 1.807) is 7.11 Å². The van der Waals surface area contributed by atoms with Gasteiger partial charge in [-0.2, -0.15) is 0 Å². The lowest BCUT2D eigenvalue weighted by molar-refractivity contribution is 0.414. The van der Waals surface area contributed by atoms with E-state index >= 15 is 0 Å². The average Bonchev–Trinajstić information content (AvgIpc) is 2.52. The molecule has 0 amide bonds. The van der Waals surface area contributed by atoms with Crippen LogP contribution in [0, 0.1) is 6.92 Å². The van der Waals surface area contributed by atoms with E-state index < -0.39 is 0 Å². The molecule has 1 atom stereocenters. The minimum absolute atomic E-state index is 0.351. The maximum absolute atomic E-state index is 5.20. The fraction of sp³-hybridized carbons (Fsp3) is 0.389. The molecule has 0 aliphatic rings. The number of aryl methyl sites for hydroxylation is 2. The molecule has 0 saturated heterocycles. The van der Waals surface area contributed by atoms with E-state index in [2.05, 4.69) is 42.3 Å². The molecule has 1 unspecified atom stereocenters. The maximum Gasteiger partial charge on any atom is 0.118 e. The molecular weight excluding hydrogens is 260 g/mol. The quantitative estimate of drug-likeness (QED) is 0.842. The normalized spacial score (nSPS) is 12.1. The monoisotopic (exact) mass is 284 g/mol. The van der Waals surface area contributed by atoms with Crippen molar-refractivity contribution in [3.8, 4) is 5.75 Å². The van der Waals surface area contributed by atoms with Crippen LogP contribution in [-0.2, 0) is 6.42 Å². The Morgan fingerprint density at radius 2 is 1.95 bits per heavy atom. The highest BCUT2D eigenvalue weighted by Gasteiger charge is 2.11. The van der Waals surface area contributed by atoms with Crippen molar-refractivity contribution < 1.29 is 4.74 Å². The highest BCUT2D eigenvalue weighted by atomic mass is 16.5. The lowest BCUT2D eigenvalue weighted by atomic mass is 9.99. The number of benzene rings is 1. The van der Waals surface area contributed by atoms with E-state index in [4.69, 9.17) is 4.74 Å². The highest BCUT2D eigenvalue weighted by molar-refractivity contribution is 5.27. The van der Waals surface area contributed by atoms with E-state index in [0.29, 0.717) is 6.04 Å². The Morgan fingerprint density at radius 1 is 1.19 bits per heavy atom. The van der Waals surface area contributed by atoms with Gasteiger partial charge < -0.3 is 10.1 Å². The van der Waals surface area contributed by atoms with Gasteiger partial charge in [-0.3, -0.25) is 4.98 Å². The molecule has 0 radical (unpaired) electrons. The summed E-state index contributed by atoms with van der Waals surface area (Å²) in [5.41, 5.74) is 3.81. The molecule has 1 heterocycles. The van der Waals surface area contributed by atoms with Crippen LogP contribution in [0.25, 0.3) is 0 Å². The molecule has 1 aromatic carbocycles. The second-order valence-corrected chi connectivity index (χ2v) is 5.29. The highest BCUT2D eigenvalue weighted by Crippen LogP contribution is 2.20. The minimum Gasteiger partial charge on any atom is -0.497 e. The number of hydrogen-bond acceptors (Lipinski definition) is 3. The van der Waals surface area contributed by atoms with Gasteiger partial charge in [0.05, 0.1) is 7.11 Å². The van der Waals surface area contributed by atoms with Gasteiger partial charge in [0.1, 0.15) is 5.75 Å². The first-order valence-electron chi connectivity index (χ1n) is 7.50. The van der Waals surface area contributed by atoms with Gasteiger partial charge in [-0.25, -0.2) is 0 Å². The van der Waals surface area contributed by atoms with Crippen molar-refractivity contribution in [1.82, 2.24) is 10.3 Å². The van der Waals surface area contributed by atoms with E-state index in [1.807, 2.05) is 24.5 Å². The fourth-order valence-electron chi connectivity index (χ4n) is 2.51. The summed E-state index contributed by atoms with van der Waals surface area (Å²) in [6, 6.07) is 10.9. The molecule has 3 heteroatoms. The van der Waals surface area contributed by atoms with Crippen LogP contribution < -0.4 is 10.1 Å². The standard InChI is InChI=1S/C18H24N2O/c1-4-20-18(16-11-14(2)12-19-13-16)10-7-15-5-8-17(21-3)9-6-15/h5-6,8-9,11-13,18,20H,4,7,10H2,1-3H3. The third kappa shape index (κ3) is 4.57. The summed E-state index contributed by atoms with van der Waals surface area (Å²) < 4.78 is 5.20. The molecule has 0 fully saturated rings. The van der Waals surface area contributed by atoms with Crippen molar-refractivity contribution in [3.05, 3.63) is 59.4 Å². The first-order chi connectivity index (χ1) is 10.2. The number of methoxy groups -OCH3 is 1. The second-order valence-electron chi connectivity index (χ2n) is 5.29. The predicted octanol–water partition coefficient (Wildman–Crippen LogP) is 3.68. The molecule has 3 nitrogen and oxygen atoms in total. The summed E-state index contributed by atoms with van der Waals surface area (Å²) in [5.74, 6) is 0.907. The van der Waals surface area contributed by atoms with Crippen LogP contribution >= 0.6 is 0 Å². The molecule has 0 aliphatic heterocycles. The van der Waals surface area contributed by atoms with E-state index in [-0.39, 0.29) is 0 Å². The summed E-state index contributed by atoms with van der Waals surface area (Å²) in [5, 5.41) is 3.55. The number of nitrogens with zero attached hydrogens (tertiary/aromatic N) is 1. The average molecular weight is 284 g/mol. The lowest BCUT2D eigenvalue weighted by Gasteiger charge is -2.18. The Labute approximate surface area is 127 Å². The zero-order chi connectivity index (χ0) is 15.1. The molecule has 1 aromatic heterocycles. The summed E-state index contributed by atoms with van der Waals surface area (Å²) in [7, 11) is 1.70. The topological polar surface area (TPSA) is 34.1 Å². The molecule has 21 heavy (non-hydrogen) atoms. The van der Waals surface area contributed by atoms with Crippen LogP contribution in [-0.4, -0.2) is 18.6 Å². The van der Waals surface area contributed by atoms with Crippen LogP contribution in [0.1, 0.15) is 36.1 Å². The van der Waals surface area contributed by atoms with Crippen molar-refractivity contribution >= 4 is 0 Å². The van der Waals surface area contributed by atoms with Crippen LogP contribution in [0.15, 0.2) is 42.7 Å². The van der Waals surface area contributed by atoms with Crippen LogP contribution in [0.5, 0.6) is 5.75 Å². The Bertz CT molecular complexity index is 551. The lowest BCUT2D eigenvalue weighted by Crippen LogP contribution is -2.21. The van der Waals surface area contributed by atoms with Gasteiger partial charge in [-0.15, -0.1) is 0 Å². The maximum atomic E-state index is 5.20. The number of hydrogen-bond donors (Lipinski definition) is 1. The van der Waals surface area contributed by atoms with Crippen molar-refractivity contribution in [2.24, 2.45) is 0 Å². The predicted molar refractivity (Wildman–Crippen MR) is 86.7 cm³/mol. The van der Waals surface area contributed by atoms with Crippen molar-refractivity contribution in [3.63, 3.8) is 0 Å². The van der Waals surface area contributed by atoms with Crippen molar-refractivity contribution in [1.29, 1.82) is 0 Å². The Balaban J connectivity index is 2.02. The zero-order valence-electron chi connectivity index (χ0n) is 13.1. The van der Waals surface area contributed by atoms with Crippen molar-refractivity contribution in [2.75, 3.05) is 13.7 Å². The molecule has 2 rings (SSSR count). The molecular formula is C18H24N2O. The van der Waals surface area contributed by atoms with Gasteiger partial charge >= 0.3 is 0 Å². The SMILES string of the molecule is CCNC(CCc1ccc(OC)cc1)c1cncc(C)c1. The van der Waals surface area contributed by atoms with Crippen LogP contribution in [0.3, 0.4) is 0 Å². The molecule has 0 bridgehead atoms.